The highest BCUT2D eigenvalue weighted by atomic mass is 16.6. The monoisotopic (exact) mass is 334 g/mol. The fraction of sp³-hybridized carbons (Fsp3) is 0.533. The molecule has 0 bridgehead atoms. The summed E-state index contributed by atoms with van der Waals surface area (Å²) >= 11 is 0. The summed E-state index contributed by atoms with van der Waals surface area (Å²) < 4.78 is 3.22. The first-order valence-electron chi connectivity index (χ1n) is 7.72. The number of hydrogen-bond acceptors (Lipinski definition) is 5. The molecule has 1 amide bonds. The number of carbonyl (C=O) groups excluding carboxylic acids is 1. The minimum atomic E-state index is -0.620. The van der Waals surface area contributed by atoms with E-state index in [9.17, 15) is 14.9 Å². The lowest BCUT2D eigenvalue weighted by molar-refractivity contribution is -0.385. The summed E-state index contributed by atoms with van der Waals surface area (Å²) in [7, 11) is 1.71. The summed E-state index contributed by atoms with van der Waals surface area (Å²) in [6, 6.07) is -0.620. The van der Waals surface area contributed by atoms with E-state index in [4.69, 9.17) is 0 Å². The smallest absolute Gasteiger partial charge is 0.307 e. The third-order valence-electron chi connectivity index (χ3n) is 4.16. The topological polar surface area (TPSA) is 99.1 Å². The Morgan fingerprint density at radius 1 is 1.46 bits per heavy atom. The number of nitrogens with zero attached hydrogens (tertiary/aromatic N) is 6. The SMILES string of the molecule is CCn1nc(C)c(CN(C)C(=O)C(C)n2cc([N+](=O)[O-])cn2)c1C. The van der Waals surface area contributed by atoms with Crippen LogP contribution in [0.25, 0.3) is 0 Å². The minimum absolute atomic E-state index is 0.131. The van der Waals surface area contributed by atoms with E-state index in [0.29, 0.717) is 6.54 Å². The normalized spacial score (nSPS) is 12.2. The van der Waals surface area contributed by atoms with Crippen molar-refractivity contribution in [2.24, 2.45) is 0 Å². The molecule has 1 unspecified atom stereocenters. The first-order valence-corrected chi connectivity index (χ1v) is 7.72. The van der Waals surface area contributed by atoms with Crippen LogP contribution in [0.4, 0.5) is 5.69 Å². The highest BCUT2D eigenvalue weighted by Crippen LogP contribution is 2.18. The second-order valence-corrected chi connectivity index (χ2v) is 5.77. The number of aromatic nitrogens is 4. The van der Waals surface area contributed by atoms with Crippen LogP contribution < -0.4 is 0 Å². The maximum Gasteiger partial charge on any atom is 0.307 e. The fourth-order valence-electron chi connectivity index (χ4n) is 2.65. The summed E-state index contributed by atoms with van der Waals surface area (Å²) in [5.74, 6) is -0.170. The highest BCUT2D eigenvalue weighted by Gasteiger charge is 2.23. The number of likely N-dealkylation sites (N-methyl/N-ethyl adjacent to an activating group) is 1. The molecule has 1 atom stereocenters. The van der Waals surface area contributed by atoms with Gasteiger partial charge in [0, 0.05) is 31.4 Å². The minimum Gasteiger partial charge on any atom is -0.339 e. The molecule has 2 aromatic rings. The molecule has 0 aliphatic carbocycles. The molecule has 0 spiro atoms. The zero-order chi connectivity index (χ0) is 18.0. The molecule has 0 aromatic carbocycles. The first-order chi connectivity index (χ1) is 11.3. The average Bonchev–Trinajstić information content (AvgIpc) is 3.13. The van der Waals surface area contributed by atoms with E-state index >= 15 is 0 Å². The van der Waals surface area contributed by atoms with E-state index in [1.165, 1.54) is 10.9 Å². The number of aryl methyl sites for hydroxylation is 2. The van der Waals surface area contributed by atoms with Crippen LogP contribution in [-0.2, 0) is 17.9 Å². The molecule has 130 valence electrons. The summed E-state index contributed by atoms with van der Waals surface area (Å²) in [5, 5.41) is 19.1. The van der Waals surface area contributed by atoms with Gasteiger partial charge in [-0.25, -0.2) is 0 Å². The zero-order valence-corrected chi connectivity index (χ0v) is 14.6. The Morgan fingerprint density at radius 3 is 2.62 bits per heavy atom. The second kappa shape index (κ2) is 6.81. The molecule has 2 aromatic heterocycles. The Balaban J connectivity index is 2.14. The van der Waals surface area contributed by atoms with Crippen molar-refractivity contribution in [3.8, 4) is 0 Å². The van der Waals surface area contributed by atoms with Gasteiger partial charge in [0.2, 0.25) is 5.91 Å². The number of hydrogen-bond donors (Lipinski definition) is 0. The van der Waals surface area contributed by atoms with Crippen LogP contribution in [-0.4, -0.2) is 42.3 Å². The molecule has 0 aliphatic rings. The van der Waals surface area contributed by atoms with Crippen molar-refractivity contribution >= 4 is 11.6 Å². The fourth-order valence-corrected chi connectivity index (χ4v) is 2.65. The maximum absolute atomic E-state index is 12.6. The molecule has 24 heavy (non-hydrogen) atoms. The van der Waals surface area contributed by atoms with Crippen molar-refractivity contribution in [2.75, 3.05) is 7.05 Å². The van der Waals surface area contributed by atoms with Crippen LogP contribution in [0, 0.1) is 24.0 Å². The molecule has 0 saturated heterocycles. The van der Waals surface area contributed by atoms with Crippen LogP contribution in [0.1, 0.15) is 36.8 Å². The van der Waals surface area contributed by atoms with Gasteiger partial charge >= 0.3 is 5.69 Å². The molecule has 2 heterocycles. The van der Waals surface area contributed by atoms with E-state index in [-0.39, 0.29) is 11.6 Å². The van der Waals surface area contributed by atoms with Crippen molar-refractivity contribution in [1.82, 2.24) is 24.5 Å². The Kier molecular flexibility index (Phi) is 5.01. The predicted octanol–water partition coefficient (Wildman–Crippen LogP) is 1.84. The van der Waals surface area contributed by atoms with E-state index in [1.807, 2.05) is 25.5 Å². The standard InChI is InChI=1S/C15H22N6O3/c1-6-19-11(3)14(10(2)17-19)9-18(5)15(22)12(4)20-8-13(7-16-20)21(23)24/h7-8,12H,6,9H2,1-5H3. The van der Waals surface area contributed by atoms with Gasteiger partial charge in [-0.1, -0.05) is 0 Å². The molecule has 0 saturated carbocycles. The van der Waals surface area contributed by atoms with Gasteiger partial charge in [-0.15, -0.1) is 0 Å². The van der Waals surface area contributed by atoms with Crippen LogP contribution in [0.15, 0.2) is 12.4 Å². The molecule has 0 aliphatic heterocycles. The lowest BCUT2D eigenvalue weighted by Crippen LogP contribution is -2.33. The van der Waals surface area contributed by atoms with Crippen LogP contribution in [0.5, 0.6) is 0 Å². The number of nitro groups is 1. The maximum atomic E-state index is 12.6. The Hall–Kier alpha value is -2.71. The van der Waals surface area contributed by atoms with Crippen molar-refractivity contribution < 1.29 is 9.72 Å². The quantitative estimate of drug-likeness (QED) is 0.593. The number of rotatable bonds is 6. The summed E-state index contributed by atoms with van der Waals surface area (Å²) in [4.78, 5) is 24.4. The van der Waals surface area contributed by atoms with E-state index in [2.05, 4.69) is 10.2 Å². The van der Waals surface area contributed by atoms with Gasteiger partial charge < -0.3 is 4.90 Å². The van der Waals surface area contributed by atoms with Gasteiger partial charge in [0.25, 0.3) is 0 Å². The average molecular weight is 334 g/mol. The predicted molar refractivity (Wildman–Crippen MR) is 87.4 cm³/mol. The lowest BCUT2D eigenvalue weighted by atomic mass is 10.1. The second-order valence-electron chi connectivity index (χ2n) is 5.77. The first kappa shape index (κ1) is 17.6. The summed E-state index contributed by atoms with van der Waals surface area (Å²) in [6.07, 6.45) is 2.41. The van der Waals surface area contributed by atoms with Crippen molar-refractivity contribution in [2.45, 2.75) is 46.8 Å². The van der Waals surface area contributed by atoms with Gasteiger partial charge in [-0.05, 0) is 27.7 Å². The van der Waals surface area contributed by atoms with Gasteiger partial charge in [0.15, 0.2) is 0 Å². The van der Waals surface area contributed by atoms with Gasteiger partial charge in [0.1, 0.15) is 18.4 Å². The van der Waals surface area contributed by atoms with Crippen LogP contribution >= 0.6 is 0 Å². The number of amides is 1. The molecular weight excluding hydrogens is 312 g/mol. The zero-order valence-electron chi connectivity index (χ0n) is 14.6. The molecule has 0 N–H and O–H groups in total. The Morgan fingerprint density at radius 2 is 2.12 bits per heavy atom. The van der Waals surface area contributed by atoms with Crippen molar-refractivity contribution in [3.63, 3.8) is 0 Å². The molecule has 9 heteroatoms. The van der Waals surface area contributed by atoms with E-state index < -0.39 is 11.0 Å². The highest BCUT2D eigenvalue weighted by molar-refractivity contribution is 5.79. The Labute approximate surface area is 140 Å². The van der Waals surface area contributed by atoms with Crippen molar-refractivity contribution in [3.05, 3.63) is 39.5 Å². The Bertz CT molecular complexity index is 763. The molecular formula is C15H22N6O3. The summed E-state index contributed by atoms with van der Waals surface area (Å²) in [5.41, 5.74) is 2.83. The van der Waals surface area contributed by atoms with Crippen molar-refractivity contribution in [1.29, 1.82) is 0 Å². The van der Waals surface area contributed by atoms with Crippen LogP contribution in [0.2, 0.25) is 0 Å². The molecule has 0 radical (unpaired) electrons. The third-order valence-corrected chi connectivity index (χ3v) is 4.16. The largest absolute Gasteiger partial charge is 0.339 e. The van der Waals surface area contributed by atoms with Gasteiger partial charge in [-0.3, -0.25) is 24.3 Å². The molecule has 0 fully saturated rings. The molecule has 2 rings (SSSR count). The molecule has 9 nitrogen and oxygen atoms in total. The van der Waals surface area contributed by atoms with Crippen LogP contribution in [0.3, 0.4) is 0 Å². The van der Waals surface area contributed by atoms with E-state index in [1.54, 1.807) is 18.9 Å². The van der Waals surface area contributed by atoms with E-state index in [0.717, 1.165) is 29.7 Å². The third kappa shape index (κ3) is 3.29. The van der Waals surface area contributed by atoms with Gasteiger partial charge in [0.05, 0.1) is 10.6 Å². The van der Waals surface area contributed by atoms with Gasteiger partial charge in [-0.2, -0.15) is 10.2 Å². The number of carbonyl (C=O) groups is 1. The lowest BCUT2D eigenvalue weighted by Gasteiger charge is -2.21. The summed E-state index contributed by atoms with van der Waals surface area (Å²) in [6.45, 7) is 8.81.